The molecule has 0 spiro atoms. The van der Waals surface area contributed by atoms with Crippen LogP contribution in [0, 0.1) is 0 Å². The quantitative estimate of drug-likeness (QED) is 0.414. The first-order valence-corrected chi connectivity index (χ1v) is 10.5. The highest BCUT2D eigenvalue weighted by atomic mass is 35.5. The maximum absolute atomic E-state index is 11.0. The second kappa shape index (κ2) is 8.36. The van der Waals surface area contributed by atoms with E-state index in [2.05, 4.69) is 20.4 Å². The highest BCUT2D eigenvalue weighted by Crippen LogP contribution is 2.37. The normalized spacial score (nSPS) is 16.8. The molecule has 164 valence electrons. The van der Waals surface area contributed by atoms with Crippen LogP contribution in [0.2, 0.25) is 5.02 Å². The van der Waals surface area contributed by atoms with Crippen molar-refractivity contribution in [3.05, 3.63) is 77.3 Å². The van der Waals surface area contributed by atoms with Crippen LogP contribution in [0.15, 0.2) is 61.1 Å². The van der Waals surface area contributed by atoms with Crippen LogP contribution in [0.4, 0.5) is 11.8 Å². The van der Waals surface area contributed by atoms with Crippen LogP contribution in [-0.2, 0) is 13.6 Å². The Morgan fingerprint density at radius 1 is 1.22 bits per heavy atom. The Morgan fingerprint density at radius 3 is 2.81 bits per heavy atom. The molecule has 2 atom stereocenters. The summed E-state index contributed by atoms with van der Waals surface area (Å²) >= 11 is 6.12. The smallest absolute Gasteiger partial charge is 0.228 e. The summed E-state index contributed by atoms with van der Waals surface area (Å²) in [7, 11) is 1.83. The minimum Gasteiger partial charge on any atom is -0.394 e. The molecule has 4 heterocycles. The predicted molar refractivity (Wildman–Crippen MR) is 120 cm³/mol. The number of aromatic nitrogens is 5. The molecule has 0 amide bonds. The van der Waals surface area contributed by atoms with Crippen LogP contribution < -0.4 is 5.32 Å². The number of nitrogens with zero attached hydrogens (tertiary/aromatic N) is 6. The number of benzene rings is 1. The average molecular weight is 452 g/mol. The minimum atomic E-state index is -0.913. The van der Waals surface area contributed by atoms with Gasteiger partial charge < -0.3 is 20.1 Å². The summed E-state index contributed by atoms with van der Waals surface area (Å²) in [6, 6.07) is 12.6. The highest BCUT2D eigenvalue weighted by molar-refractivity contribution is 6.30. The Morgan fingerprint density at radius 2 is 2.09 bits per heavy atom. The molecule has 1 aliphatic rings. The third kappa shape index (κ3) is 3.76. The Bertz CT molecular complexity index is 1250. The lowest BCUT2D eigenvalue weighted by Gasteiger charge is -2.29. The van der Waals surface area contributed by atoms with E-state index in [4.69, 9.17) is 11.6 Å². The maximum Gasteiger partial charge on any atom is 0.228 e. The topological polar surface area (TPSA) is 104 Å². The SMILES string of the molecule is Cn1nccc1Nc1nccc(-c2cc3n(c2)C(O)N([C@H](CO)c2cccc(Cl)c2)C3)n1. The third-order valence-electron chi connectivity index (χ3n) is 5.64. The molecule has 0 radical (unpaired) electrons. The maximum atomic E-state index is 11.0. The van der Waals surface area contributed by atoms with Gasteiger partial charge in [-0.3, -0.25) is 4.68 Å². The van der Waals surface area contributed by atoms with Crippen LogP contribution in [0.1, 0.15) is 23.7 Å². The number of aliphatic hydroxyl groups excluding tert-OH is 2. The fraction of sp³-hybridized carbons (Fsp3) is 0.227. The van der Waals surface area contributed by atoms with Gasteiger partial charge in [0.05, 0.1) is 24.5 Å². The summed E-state index contributed by atoms with van der Waals surface area (Å²) < 4.78 is 3.49. The van der Waals surface area contributed by atoms with Crippen molar-refractivity contribution in [2.75, 3.05) is 11.9 Å². The molecular formula is C22H22ClN7O2. The van der Waals surface area contributed by atoms with Crippen molar-refractivity contribution in [1.82, 2.24) is 29.2 Å². The first-order valence-electron chi connectivity index (χ1n) is 10.1. The van der Waals surface area contributed by atoms with Gasteiger partial charge in [0, 0.05) is 48.3 Å². The largest absolute Gasteiger partial charge is 0.394 e. The van der Waals surface area contributed by atoms with Gasteiger partial charge in [0.25, 0.3) is 0 Å². The van der Waals surface area contributed by atoms with E-state index < -0.39 is 6.35 Å². The molecule has 5 rings (SSSR count). The molecular weight excluding hydrogens is 430 g/mol. The van der Waals surface area contributed by atoms with Gasteiger partial charge in [0.2, 0.25) is 5.95 Å². The van der Waals surface area contributed by atoms with Crippen LogP contribution in [0.25, 0.3) is 11.3 Å². The second-order valence-corrected chi connectivity index (χ2v) is 8.07. The zero-order chi connectivity index (χ0) is 22.2. The van der Waals surface area contributed by atoms with Gasteiger partial charge >= 0.3 is 0 Å². The highest BCUT2D eigenvalue weighted by Gasteiger charge is 2.34. The van der Waals surface area contributed by atoms with Gasteiger partial charge in [-0.25, -0.2) is 14.9 Å². The van der Waals surface area contributed by atoms with E-state index >= 15 is 0 Å². The Hall–Kier alpha value is -3.24. The Balaban J connectivity index is 1.38. The molecule has 3 N–H and O–H groups in total. The molecule has 1 unspecified atom stereocenters. The molecule has 32 heavy (non-hydrogen) atoms. The molecule has 0 saturated heterocycles. The standard InChI is InChI=1S/C22H22ClN7O2/c1-28-20(6-8-25-28)27-21-24-7-5-18(26-21)15-10-17-12-30(22(32)29(17)11-15)19(13-31)14-3-2-4-16(23)9-14/h2-11,19,22,31-32H,12-13H2,1H3,(H,24,26,27)/t19-,22?/m1/s1. The van der Waals surface area contributed by atoms with Crippen molar-refractivity contribution in [3.8, 4) is 11.3 Å². The van der Waals surface area contributed by atoms with Crippen molar-refractivity contribution in [1.29, 1.82) is 0 Å². The fourth-order valence-corrected chi connectivity index (χ4v) is 4.21. The first-order chi connectivity index (χ1) is 15.5. The van der Waals surface area contributed by atoms with Gasteiger partial charge in [-0.05, 0) is 29.8 Å². The lowest BCUT2D eigenvalue weighted by molar-refractivity contribution is -0.0708. The summed E-state index contributed by atoms with van der Waals surface area (Å²) in [5.41, 5.74) is 3.38. The molecule has 0 bridgehead atoms. The zero-order valence-corrected chi connectivity index (χ0v) is 18.1. The number of hydrogen-bond acceptors (Lipinski definition) is 7. The fourth-order valence-electron chi connectivity index (χ4n) is 4.01. The van der Waals surface area contributed by atoms with Crippen LogP contribution in [0.5, 0.6) is 0 Å². The minimum absolute atomic E-state index is 0.135. The number of halogens is 1. The Labute approximate surface area is 189 Å². The molecule has 10 heteroatoms. The summed E-state index contributed by atoms with van der Waals surface area (Å²) in [6.45, 7) is 0.341. The molecule has 0 saturated carbocycles. The zero-order valence-electron chi connectivity index (χ0n) is 17.3. The number of anilines is 2. The van der Waals surface area contributed by atoms with E-state index in [0.29, 0.717) is 17.5 Å². The van der Waals surface area contributed by atoms with E-state index in [9.17, 15) is 10.2 Å². The van der Waals surface area contributed by atoms with Crippen molar-refractivity contribution in [2.45, 2.75) is 18.9 Å². The van der Waals surface area contributed by atoms with Crippen LogP contribution in [0.3, 0.4) is 0 Å². The second-order valence-electron chi connectivity index (χ2n) is 7.63. The van der Waals surface area contributed by atoms with E-state index in [1.54, 1.807) is 27.7 Å². The average Bonchev–Trinajstić information content (AvgIpc) is 3.46. The van der Waals surface area contributed by atoms with Gasteiger partial charge in [0.1, 0.15) is 5.82 Å². The van der Waals surface area contributed by atoms with Gasteiger partial charge in [-0.2, -0.15) is 5.10 Å². The van der Waals surface area contributed by atoms with Crippen LogP contribution >= 0.6 is 11.6 Å². The summed E-state index contributed by atoms with van der Waals surface area (Å²) in [5.74, 6) is 1.24. The predicted octanol–water partition coefficient (Wildman–Crippen LogP) is 3.07. The summed E-state index contributed by atoms with van der Waals surface area (Å²) in [6.07, 6.45) is 4.33. The molecule has 0 fully saturated rings. The van der Waals surface area contributed by atoms with E-state index in [0.717, 1.165) is 28.3 Å². The molecule has 1 aromatic carbocycles. The Kier molecular flexibility index (Phi) is 5.40. The molecule has 0 aliphatic carbocycles. The number of rotatable bonds is 6. The summed E-state index contributed by atoms with van der Waals surface area (Å²) in [4.78, 5) is 10.7. The van der Waals surface area contributed by atoms with Crippen molar-refractivity contribution in [2.24, 2.45) is 7.05 Å². The van der Waals surface area contributed by atoms with Crippen LogP contribution in [-0.4, -0.2) is 46.0 Å². The van der Waals surface area contributed by atoms with Gasteiger partial charge in [0.15, 0.2) is 6.35 Å². The van der Waals surface area contributed by atoms with E-state index in [1.165, 1.54) is 0 Å². The number of fused-ring (bicyclic) bond motifs is 1. The van der Waals surface area contributed by atoms with Gasteiger partial charge in [-0.15, -0.1) is 0 Å². The first kappa shape index (κ1) is 20.7. The number of nitrogens with one attached hydrogen (secondary N) is 1. The molecule has 9 nitrogen and oxygen atoms in total. The van der Waals surface area contributed by atoms with Gasteiger partial charge in [-0.1, -0.05) is 23.7 Å². The number of hydrogen-bond donors (Lipinski definition) is 3. The molecule has 1 aliphatic heterocycles. The third-order valence-corrected chi connectivity index (χ3v) is 5.88. The van der Waals surface area contributed by atoms with Crippen molar-refractivity contribution >= 4 is 23.4 Å². The van der Waals surface area contributed by atoms with E-state index in [-0.39, 0.29) is 12.6 Å². The van der Waals surface area contributed by atoms with E-state index in [1.807, 2.05) is 54.5 Å². The number of aryl methyl sites for hydroxylation is 1. The lowest BCUT2D eigenvalue weighted by Crippen LogP contribution is -2.31. The number of aliphatic hydroxyl groups is 2. The lowest BCUT2D eigenvalue weighted by atomic mass is 10.1. The molecule has 4 aromatic rings. The summed E-state index contributed by atoms with van der Waals surface area (Å²) in [5, 5.41) is 28.9. The van der Waals surface area contributed by atoms with Crippen molar-refractivity contribution in [3.63, 3.8) is 0 Å². The molecule has 3 aromatic heterocycles. The monoisotopic (exact) mass is 451 g/mol. The van der Waals surface area contributed by atoms with Crippen molar-refractivity contribution < 1.29 is 10.2 Å².